The van der Waals surface area contributed by atoms with Gasteiger partial charge in [0.2, 0.25) is 0 Å². The summed E-state index contributed by atoms with van der Waals surface area (Å²) in [6.45, 7) is 4.82. The van der Waals surface area contributed by atoms with Gasteiger partial charge in [0.1, 0.15) is 0 Å². The largest absolute Gasteiger partial charge is 0.302 e. The monoisotopic (exact) mass is 182 g/mol. The Bertz CT molecular complexity index is 231. The Kier molecular flexibility index (Phi) is 3.56. The molecule has 1 heterocycles. The van der Waals surface area contributed by atoms with Crippen molar-refractivity contribution in [2.24, 2.45) is 0 Å². The van der Waals surface area contributed by atoms with Crippen molar-refractivity contribution in [2.75, 3.05) is 0 Å². The van der Waals surface area contributed by atoms with E-state index in [-0.39, 0.29) is 5.37 Å². The smallest absolute Gasteiger partial charge is 0.0476 e. The highest BCUT2D eigenvalue weighted by atomic mass is 32.1. The van der Waals surface area contributed by atoms with Crippen molar-refractivity contribution >= 4 is 12.6 Å². The maximum Gasteiger partial charge on any atom is 0.0476 e. The molecule has 3 heteroatoms. The van der Waals surface area contributed by atoms with E-state index in [1.807, 2.05) is 26.1 Å². The van der Waals surface area contributed by atoms with Crippen molar-refractivity contribution in [2.45, 2.75) is 25.8 Å². The van der Waals surface area contributed by atoms with E-state index < -0.39 is 0 Å². The van der Waals surface area contributed by atoms with Gasteiger partial charge >= 0.3 is 0 Å². The Morgan fingerprint density at radius 2 is 2.33 bits per heavy atom. The van der Waals surface area contributed by atoms with Gasteiger partial charge in [0, 0.05) is 23.8 Å². The van der Waals surface area contributed by atoms with Gasteiger partial charge in [-0.05, 0) is 25.5 Å². The molecule has 66 valence electrons. The van der Waals surface area contributed by atoms with Crippen LogP contribution in [-0.2, 0) is 6.54 Å². The standard InChI is InChI=1S/C9H14N2S/c1-7-3-4-9(5-10-7)6-11-8(2)12/h3-5,8,11-12H,6H2,1-2H3. The fraction of sp³-hybridized carbons (Fsp3) is 0.444. The fourth-order valence-electron chi connectivity index (χ4n) is 0.869. The van der Waals surface area contributed by atoms with Crippen LogP contribution in [0.5, 0.6) is 0 Å². The molecule has 0 amide bonds. The van der Waals surface area contributed by atoms with Gasteiger partial charge in [-0.3, -0.25) is 4.98 Å². The summed E-state index contributed by atoms with van der Waals surface area (Å²) in [5.41, 5.74) is 2.25. The third-order valence-electron chi connectivity index (χ3n) is 1.57. The Labute approximate surface area is 78.8 Å². The second kappa shape index (κ2) is 4.48. The predicted molar refractivity (Wildman–Crippen MR) is 54.3 cm³/mol. The molecule has 0 spiro atoms. The second-order valence-electron chi connectivity index (χ2n) is 2.86. The van der Waals surface area contributed by atoms with Gasteiger partial charge in [0.05, 0.1) is 0 Å². The van der Waals surface area contributed by atoms with E-state index in [9.17, 15) is 0 Å². The van der Waals surface area contributed by atoms with Crippen molar-refractivity contribution < 1.29 is 0 Å². The lowest BCUT2D eigenvalue weighted by Gasteiger charge is -2.06. The SMILES string of the molecule is Cc1ccc(CNC(C)S)cn1. The number of aryl methyl sites for hydroxylation is 1. The topological polar surface area (TPSA) is 24.9 Å². The number of nitrogens with zero attached hydrogens (tertiary/aromatic N) is 1. The third kappa shape index (κ3) is 3.24. The quantitative estimate of drug-likeness (QED) is 0.550. The van der Waals surface area contributed by atoms with Crippen LogP contribution in [0.25, 0.3) is 0 Å². The van der Waals surface area contributed by atoms with Gasteiger partial charge in [-0.25, -0.2) is 0 Å². The van der Waals surface area contributed by atoms with Crippen LogP contribution in [0.15, 0.2) is 18.3 Å². The van der Waals surface area contributed by atoms with Crippen LogP contribution in [0.4, 0.5) is 0 Å². The van der Waals surface area contributed by atoms with Gasteiger partial charge in [-0.1, -0.05) is 6.07 Å². The zero-order valence-corrected chi connectivity index (χ0v) is 8.31. The molecule has 0 aliphatic rings. The van der Waals surface area contributed by atoms with Crippen molar-refractivity contribution in [3.63, 3.8) is 0 Å². The first-order valence-corrected chi connectivity index (χ1v) is 4.53. The molecule has 2 nitrogen and oxygen atoms in total. The molecule has 1 aromatic rings. The Hall–Kier alpha value is -0.540. The van der Waals surface area contributed by atoms with E-state index in [1.165, 1.54) is 5.56 Å². The third-order valence-corrected chi connectivity index (χ3v) is 1.76. The number of aromatic nitrogens is 1. The van der Waals surface area contributed by atoms with Gasteiger partial charge < -0.3 is 5.32 Å². The molecule has 0 saturated heterocycles. The predicted octanol–water partition coefficient (Wildman–Crippen LogP) is 1.76. The Morgan fingerprint density at radius 3 is 2.83 bits per heavy atom. The summed E-state index contributed by atoms with van der Waals surface area (Å²) >= 11 is 4.22. The molecule has 0 radical (unpaired) electrons. The molecule has 1 atom stereocenters. The van der Waals surface area contributed by atoms with Gasteiger partial charge in [0.15, 0.2) is 0 Å². The lowest BCUT2D eigenvalue weighted by molar-refractivity contribution is 0.689. The number of nitrogens with one attached hydrogen (secondary N) is 1. The molecule has 12 heavy (non-hydrogen) atoms. The zero-order chi connectivity index (χ0) is 8.97. The molecule has 0 aromatic carbocycles. The molecular formula is C9H14N2S. The summed E-state index contributed by atoms with van der Waals surface area (Å²) < 4.78 is 0. The first-order chi connectivity index (χ1) is 5.68. The summed E-state index contributed by atoms with van der Waals surface area (Å²) in [6, 6.07) is 4.09. The first-order valence-electron chi connectivity index (χ1n) is 4.01. The van der Waals surface area contributed by atoms with E-state index in [4.69, 9.17) is 0 Å². The summed E-state index contributed by atoms with van der Waals surface area (Å²) in [4.78, 5) is 4.19. The summed E-state index contributed by atoms with van der Waals surface area (Å²) in [6.07, 6.45) is 1.89. The van der Waals surface area contributed by atoms with Gasteiger partial charge in [0.25, 0.3) is 0 Å². The molecule has 0 aliphatic carbocycles. The highest BCUT2D eigenvalue weighted by molar-refractivity contribution is 7.80. The van der Waals surface area contributed by atoms with Gasteiger partial charge in [-0.2, -0.15) is 12.6 Å². The first kappa shape index (κ1) is 9.55. The van der Waals surface area contributed by atoms with Gasteiger partial charge in [-0.15, -0.1) is 0 Å². The molecule has 0 aliphatic heterocycles. The number of hydrogen-bond donors (Lipinski definition) is 2. The summed E-state index contributed by atoms with van der Waals surface area (Å²) in [5.74, 6) is 0. The molecule has 1 N–H and O–H groups in total. The molecule has 1 aromatic heterocycles. The van der Waals surface area contributed by atoms with E-state index in [1.54, 1.807) is 0 Å². The molecule has 1 rings (SSSR count). The minimum atomic E-state index is 0.228. The van der Waals surface area contributed by atoms with Crippen LogP contribution in [0, 0.1) is 6.92 Å². The normalized spacial score (nSPS) is 12.9. The zero-order valence-electron chi connectivity index (χ0n) is 7.41. The highest BCUT2D eigenvalue weighted by Gasteiger charge is 1.94. The maximum atomic E-state index is 4.22. The summed E-state index contributed by atoms with van der Waals surface area (Å²) in [7, 11) is 0. The highest BCUT2D eigenvalue weighted by Crippen LogP contribution is 1.99. The minimum Gasteiger partial charge on any atom is -0.302 e. The van der Waals surface area contributed by atoms with Crippen LogP contribution >= 0.6 is 12.6 Å². The molecule has 1 unspecified atom stereocenters. The van der Waals surface area contributed by atoms with E-state index in [0.29, 0.717) is 0 Å². The number of pyridine rings is 1. The number of hydrogen-bond acceptors (Lipinski definition) is 3. The van der Waals surface area contributed by atoms with Crippen molar-refractivity contribution in [3.05, 3.63) is 29.6 Å². The lowest BCUT2D eigenvalue weighted by Crippen LogP contribution is -2.19. The average molecular weight is 182 g/mol. The minimum absolute atomic E-state index is 0.228. The maximum absolute atomic E-state index is 4.22. The van der Waals surface area contributed by atoms with Crippen molar-refractivity contribution in [3.8, 4) is 0 Å². The van der Waals surface area contributed by atoms with Crippen LogP contribution in [0.2, 0.25) is 0 Å². The average Bonchev–Trinajstić information content (AvgIpc) is 2.03. The Balaban J connectivity index is 2.48. The van der Waals surface area contributed by atoms with Crippen LogP contribution in [0.1, 0.15) is 18.2 Å². The van der Waals surface area contributed by atoms with E-state index in [2.05, 4.69) is 29.0 Å². The lowest BCUT2D eigenvalue weighted by atomic mass is 10.2. The summed E-state index contributed by atoms with van der Waals surface area (Å²) in [5, 5.41) is 3.43. The fourth-order valence-corrected chi connectivity index (χ4v) is 0.960. The second-order valence-corrected chi connectivity index (χ2v) is 3.64. The van der Waals surface area contributed by atoms with Crippen molar-refractivity contribution in [1.29, 1.82) is 0 Å². The molecule has 0 saturated carbocycles. The Morgan fingerprint density at radius 1 is 1.58 bits per heavy atom. The van der Waals surface area contributed by atoms with E-state index in [0.717, 1.165) is 12.2 Å². The number of thiol groups is 1. The van der Waals surface area contributed by atoms with Crippen LogP contribution in [0.3, 0.4) is 0 Å². The van der Waals surface area contributed by atoms with Crippen LogP contribution < -0.4 is 5.32 Å². The molecule has 0 bridgehead atoms. The van der Waals surface area contributed by atoms with Crippen molar-refractivity contribution in [1.82, 2.24) is 10.3 Å². The number of rotatable bonds is 3. The van der Waals surface area contributed by atoms with Crippen LogP contribution in [-0.4, -0.2) is 10.4 Å². The van der Waals surface area contributed by atoms with E-state index >= 15 is 0 Å². The molecular weight excluding hydrogens is 168 g/mol. The molecule has 0 fully saturated rings.